The van der Waals surface area contributed by atoms with Gasteiger partial charge in [0.2, 0.25) is 15.7 Å². The van der Waals surface area contributed by atoms with E-state index in [0.29, 0.717) is 12.5 Å². The van der Waals surface area contributed by atoms with Crippen LogP contribution in [0.15, 0.2) is 82.7 Å². The first kappa shape index (κ1) is 17.6. The van der Waals surface area contributed by atoms with Gasteiger partial charge in [0.15, 0.2) is 0 Å². The van der Waals surface area contributed by atoms with Crippen molar-refractivity contribution < 1.29 is 23.1 Å². The molecule has 3 aromatic rings. The summed E-state index contributed by atoms with van der Waals surface area (Å²) in [5, 5.41) is 8.89. The van der Waals surface area contributed by atoms with E-state index in [2.05, 4.69) is 4.98 Å². The Hall–Kier alpha value is -3.19. The van der Waals surface area contributed by atoms with E-state index in [9.17, 15) is 13.2 Å². The molecule has 2 aromatic carbocycles. The number of carboxylic acid groups (broad SMARTS) is 1. The number of aromatic nitrogens is 1. The fraction of sp³-hybridized carbons (Fsp3) is 0.0526. The molecule has 1 aromatic heterocycles. The quantitative estimate of drug-likeness (QED) is 0.717. The molecule has 0 aliphatic carbocycles. The van der Waals surface area contributed by atoms with Gasteiger partial charge in [-0.3, -0.25) is 0 Å². The normalized spacial score (nSPS) is 11.1. The van der Waals surface area contributed by atoms with Crippen molar-refractivity contribution in [2.24, 2.45) is 0 Å². The van der Waals surface area contributed by atoms with E-state index in [4.69, 9.17) is 9.84 Å². The first-order chi connectivity index (χ1) is 12.5. The number of ether oxygens (including phenoxy) is 1. The highest BCUT2D eigenvalue weighted by molar-refractivity contribution is 7.91. The third kappa shape index (κ3) is 3.89. The molecule has 3 rings (SSSR count). The maximum atomic E-state index is 12.6. The Kier molecular flexibility index (Phi) is 4.99. The molecule has 6 nitrogen and oxygen atoms in total. The Bertz CT molecular complexity index is 998. The van der Waals surface area contributed by atoms with Gasteiger partial charge in [-0.15, -0.1) is 0 Å². The van der Waals surface area contributed by atoms with Gasteiger partial charge in [0, 0.05) is 12.3 Å². The van der Waals surface area contributed by atoms with Crippen molar-refractivity contribution in [2.45, 2.75) is 16.4 Å². The Morgan fingerprint density at radius 2 is 1.58 bits per heavy atom. The van der Waals surface area contributed by atoms with Crippen LogP contribution in [0.2, 0.25) is 0 Å². The smallest absolute Gasteiger partial charge is 0.335 e. The lowest BCUT2D eigenvalue weighted by atomic mass is 10.2. The van der Waals surface area contributed by atoms with Gasteiger partial charge < -0.3 is 9.84 Å². The van der Waals surface area contributed by atoms with Crippen LogP contribution in [0.1, 0.15) is 15.9 Å². The summed E-state index contributed by atoms with van der Waals surface area (Å²) in [5.74, 6) is -0.801. The van der Waals surface area contributed by atoms with Gasteiger partial charge in [0.1, 0.15) is 6.61 Å². The third-order valence-electron chi connectivity index (χ3n) is 3.66. The Morgan fingerprint density at radius 1 is 0.923 bits per heavy atom. The summed E-state index contributed by atoms with van der Waals surface area (Å²) in [7, 11) is -3.78. The van der Waals surface area contributed by atoms with Gasteiger partial charge in [0.05, 0.1) is 15.4 Å². The summed E-state index contributed by atoms with van der Waals surface area (Å²) in [4.78, 5) is 14.9. The molecule has 0 bridgehead atoms. The molecule has 26 heavy (non-hydrogen) atoms. The van der Waals surface area contributed by atoms with Crippen LogP contribution in [0.3, 0.4) is 0 Å². The average Bonchev–Trinajstić information content (AvgIpc) is 2.67. The van der Waals surface area contributed by atoms with E-state index in [1.807, 2.05) is 30.3 Å². The summed E-state index contributed by atoms with van der Waals surface area (Å²) in [6, 6.07) is 17.5. The SMILES string of the molecule is O=C(O)c1ccc(S(=O)(=O)c2ccc(OCc3ccccc3)nc2)cc1. The van der Waals surface area contributed by atoms with Gasteiger partial charge in [-0.2, -0.15) is 0 Å². The molecule has 0 amide bonds. The average molecular weight is 369 g/mol. The minimum atomic E-state index is -3.78. The number of pyridine rings is 1. The summed E-state index contributed by atoms with van der Waals surface area (Å²) < 4.78 is 30.7. The number of benzene rings is 2. The summed E-state index contributed by atoms with van der Waals surface area (Å²) >= 11 is 0. The molecule has 132 valence electrons. The number of carboxylic acids is 1. The van der Waals surface area contributed by atoms with E-state index in [1.165, 1.54) is 42.6 Å². The molecule has 0 saturated carbocycles. The van der Waals surface area contributed by atoms with Crippen molar-refractivity contribution in [3.05, 3.63) is 84.1 Å². The van der Waals surface area contributed by atoms with Crippen LogP contribution >= 0.6 is 0 Å². The maximum Gasteiger partial charge on any atom is 0.335 e. The fourth-order valence-corrected chi connectivity index (χ4v) is 3.46. The highest BCUT2D eigenvalue weighted by atomic mass is 32.2. The van der Waals surface area contributed by atoms with E-state index < -0.39 is 15.8 Å². The van der Waals surface area contributed by atoms with Crippen LogP contribution in [0.25, 0.3) is 0 Å². The van der Waals surface area contributed by atoms with Crippen LogP contribution in [0.5, 0.6) is 5.88 Å². The van der Waals surface area contributed by atoms with Gasteiger partial charge in [-0.25, -0.2) is 18.2 Å². The zero-order chi connectivity index (χ0) is 18.6. The summed E-state index contributed by atoms with van der Waals surface area (Å²) in [5.41, 5.74) is 0.997. The Balaban J connectivity index is 1.75. The lowest BCUT2D eigenvalue weighted by Gasteiger charge is -2.07. The van der Waals surface area contributed by atoms with E-state index in [1.54, 1.807) is 0 Å². The van der Waals surface area contributed by atoms with Gasteiger partial charge in [-0.05, 0) is 35.9 Å². The molecular weight excluding hydrogens is 354 g/mol. The number of sulfone groups is 1. The minimum absolute atomic E-state index is 0.00209. The molecule has 0 atom stereocenters. The van der Waals surface area contributed by atoms with Crippen molar-refractivity contribution in [2.75, 3.05) is 0 Å². The molecule has 1 heterocycles. The molecule has 0 spiro atoms. The highest BCUT2D eigenvalue weighted by Crippen LogP contribution is 2.22. The predicted molar refractivity (Wildman–Crippen MR) is 93.9 cm³/mol. The van der Waals surface area contributed by atoms with E-state index in [-0.39, 0.29) is 15.4 Å². The largest absolute Gasteiger partial charge is 0.478 e. The van der Waals surface area contributed by atoms with Crippen LogP contribution < -0.4 is 4.74 Å². The zero-order valence-corrected chi connectivity index (χ0v) is 14.4. The van der Waals surface area contributed by atoms with Crippen molar-refractivity contribution in [3.8, 4) is 5.88 Å². The zero-order valence-electron chi connectivity index (χ0n) is 13.6. The summed E-state index contributed by atoms with van der Waals surface area (Å²) in [6.07, 6.45) is 1.22. The van der Waals surface area contributed by atoms with Gasteiger partial charge in [-0.1, -0.05) is 30.3 Å². The molecule has 0 fully saturated rings. The van der Waals surface area contributed by atoms with Gasteiger partial charge >= 0.3 is 5.97 Å². The predicted octanol–water partition coefficient (Wildman–Crippen LogP) is 3.19. The molecular formula is C19H15NO5S. The number of rotatable bonds is 6. The number of carbonyl (C=O) groups is 1. The lowest BCUT2D eigenvalue weighted by Crippen LogP contribution is -2.04. The Morgan fingerprint density at radius 3 is 2.15 bits per heavy atom. The van der Waals surface area contributed by atoms with Crippen molar-refractivity contribution in [1.29, 1.82) is 0 Å². The monoisotopic (exact) mass is 369 g/mol. The minimum Gasteiger partial charge on any atom is -0.478 e. The van der Waals surface area contributed by atoms with Crippen LogP contribution in [-0.2, 0) is 16.4 Å². The molecule has 0 saturated heterocycles. The number of hydrogen-bond donors (Lipinski definition) is 1. The van der Waals surface area contributed by atoms with E-state index in [0.717, 1.165) is 5.56 Å². The number of aromatic carboxylic acids is 1. The topological polar surface area (TPSA) is 93.6 Å². The maximum absolute atomic E-state index is 12.6. The van der Waals surface area contributed by atoms with Crippen LogP contribution in [-0.4, -0.2) is 24.5 Å². The standard InChI is InChI=1S/C19H15NO5S/c21-19(22)15-6-8-16(9-7-15)26(23,24)17-10-11-18(20-12-17)25-13-14-4-2-1-3-5-14/h1-12H,13H2,(H,21,22). The first-order valence-corrected chi connectivity index (χ1v) is 9.16. The number of hydrogen-bond acceptors (Lipinski definition) is 5. The van der Waals surface area contributed by atoms with Crippen molar-refractivity contribution in [3.63, 3.8) is 0 Å². The van der Waals surface area contributed by atoms with Crippen LogP contribution in [0, 0.1) is 0 Å². The molecule has 0 unspecified atom stereocenters. The van der Waals surface area contributed by atoms with Crippen molar-refractivity contribution in [1.82, 2.24) is 4.98 Å². The second kappa shape index (κ2) is 7.37. The first-order valence-electron chi connectivity index (χ1n) is 7.68. The van der Waals surface area contributed by atoms with Gasteiger partial charge in [0.25, 0.3) is 0 Å². The fourth-order valence-electron chi connectivity index (χ4n) is 2.26. The Labute approximate surface area is 150 Å². The summed E-state index contributed by atoms with van der Waals surface area (Å²) in [6.45, 7) is 0.330. The molecule has 1 N–H and O–H groups in total. The second-order valence-corrected chi connectivity index (χ2v) is 7.39. The lowest BCUT2D eigenvalue weighted by molar-refractivity contribution is 0.0696. The molecule has 0 radical (unpaired) electrons. The third-order valence-corrected chi connectivity index (χ3v) is 5.42. The molecule has 0 aliphatic rings. The highest BCUT2D eigenvalue weighted by Gasteiger charge is 2.18. The molecule has 0 aliphatic heterocycles. The van der Waals surface area contributed by atoms with Crippen molar-refractivity contribution >= 4 is 15.8 Å². The van der Waals surface area contributed by atoms with Crippen LogP contribution in [0.4, 0.5) is 0 Å². The second-order valence-electron chi connectivity index (χ2n) is 5.44. The molecule has 7 heteroatoms. The van der Waals surface area contributed by atoms with E-state index >= 15 is 0 Å². The number of nitrogens with zero attached hydrogens (tertiary/aromatic N) is 1.